The first-order valence-corrected chi connectivity index (χ1v) is 13.7. The first-order chi connectivity index (χ1) is 16.8. The quantitative estimate of drug-likeness (QED) is 0.522. The van der Waals surface area contributed by atoms with Crippen LogP contribution < -0.4 is 10.6 Å². The van der Waals surface area contributed by atoms with Crippen molar-refractivity contribution in [3.05, 3.63) is 83.3 Å². The molecule has 2 atom stereocenters. The Kier molecular flexibility index (Phi) is 9.86. The minimum absolute atomic E-state index is 0.309. The summed E-state index contributed by atoms with van der Waals surface area (Å²) in [6, 6.07) is 17.6. The van der Waals surface area contributed by atoms with Crippen LogP contribution in [0.15, 0.2) is 72.1 Å². The Morgan fingerprint density at radius 1 is 0.971 bits per heavy atom. The number of ether oxygens (including phenoxy) is 1. The standard InChI is InChI=1S/C26H33N3O5S/c1-35(32,33)19-14-23(13-12-21-8-4-2-5-9-21)27-25(30)24(20-22-10-6-3-7-11-22)28-26(31)29-15-17-34-18-16-29/h2-11,14,19,23-24H,12-13,15-18,20H2,1H3,(H,27,30)(H,28,31)/b19-14+/t23-,24-/m0/s1. The molecule has 35 heavy (non-hydrogen) atoms. The Bertz CT molecular complexity index is 1080. The zero-order valence-electron chi connectivity index (χ0n) is 19.9. The van der Waals surface area contributed by atoms with Crippen molar-refractivity contribution < 1.29 is 22.7 Å². The molecule has 1 saturated heterocycles. The molecule has 0 aromatic heterocycles. The molecule has 3 amide bonds. The molecule has 0 bridgehead atoms. The van der Waals surface area contributed by atoms with Gasteiger partial charge >= 0.3 is 6.03 Å². The Balaban J connectivity index is 1.74. The summed E-state index contributed by atoms with van der Waals surface area (Å²) in [6.07, 6.45) is 4.09. The van der Waals surface area contributed by atoms with E-state index in [1.165, 1.54) is 6.08 Å². The van der Waals surface area contributed by atoms with E-state index in [-0.39, 0.29) is 11.9 Å². The highest BCUT2D eigenvalue weighted by Crippen LogP contribution is 2.10. The maximum absolute atomic E-state index is 13.4. The maximum atomic E-state index is 13.4. The predicted molar refractivity (Wildman–Crippen MR) is 136 cm³/mol. The average Bonchev–Trinajstić information content (AvgIpc) is 2.86. The molecule has 0 aliphatic carbocycles. The van der Waals surface area contributed by atoms with Crippen molar-refractivity contribution >= 4 is 21.8 Å². The average molecular weight is 500 g/mol. The Morgan fingerprint density at radius 2 is 1.57 bits per heavy atom. The normalized spacial score (nSPS) is 16.0. The Hall–Kier alpha value is -3.17. The number of sulfone groups is 1. The summed E-state index contributed by atoms with van der Waals surface area (Å²) in [5.74, 6) is -0.369. The van der Waals surface area contributed by atoms with Crippen LogP contribution in [-0.4, -0.2) is 69.9 Å². The lowest BCUT2D eigenvalue weighted by Crippen LogP contribution is -2.55. The van der Waals surface area contributed by atoms with Crippen LogP contribution in [-0.2, 0) is 32.2 Å². The second kappa shape index (κ2) is 13.1. The number of nitrogens with zero attached hydrogens (tertiary/aromatic N) is 1. The number of carbonyl (C=O) groups excluding carboxylic acids is 2. The third-order valence-corrected chi connectivity index (χ3v) is 6.32. The van der Waals surface area contributed by atoms with Gasteiger partial charge in [0.05, 0.1) is 13.2 Å². The largest absolute Gasteiger partial charge is 0.378 e. The van der Waals surface area contributed by atoms with E-state index in [0.29, 0.717) is 45.6 Å². The van der Waals surface area contributed by atoms with Crippen LogP contribution in [0.3, 0.4) is 0 Å². The maximum Gasteiger partial charge on any atom is 0.318 e. The van der Waals surface area contributed by atoms with Gasteiger partial charge in [0.15, 0.2) is 9.84 Å². The number of nitrogens with one attached hydrogen (secondary N) is 2. The van der Waals surface area contributed by atoms with E-state index < -0.39 is 21.9 Å². The molecule has 2 aromatic rings. The number of carbonyl (C=O) groups is 2. The number of aryl methyl sites for hydroxylation is 1. The van der Waals surface area contributed by atoms with Gasteiger partial charge in [-0.25, -0.2) is 13.2 Å². The molecule has 0 spiro atoms. The lowest BCUT2D eigenvalue weighted by Gasteiger charge is -2.29. The van der Waals surface area contributed by atoms with Crippen LogP contribution in [0.2, 0.25) is 0 Å². The van der Waals surface area contributed by atoms with Gasteiger partial charge in [-0.1, -0.05) is 66.7 Å². The molecular weight excluding hydrogens is 466 g/mol. The van der Waals surface area contributed by atoms with Gasteiger partial charge in [-0.05, 0) is 24.0 Å². The fraction of sp³-hybridized carbons (Fsp3) is 0.385. The summed E-state index contributed by atoms with van der Waals surface area (Å²) < 4.78 is 28.7. The van der Waals surface area contributed by atoms with Gasteiger partial charge in [0.2, 0.25) is 5.91 Å². The van der Waals surface area contributed by atoms with Crippen molar-refractivity contribution in [3.63, 3.8) is 0 Å². The first kappa shape index (κ1) is 26.4. The molecule has 0 unspecified atom stereocenters. The molecule has 1 heterocycles. The summed E-state index contributed by atoms with van der Waals surface area (Å²) in [6.45, 7) is 1.84. The third-order valence-electron chi connectivity index (χ3n) is 5.67. The van der Waals surface area contributed by atoms with Crippen LogP contribution in [0.5, 0.6) is 0 Å². The number of benzene rings is 2. The monoisotopic (exact) mass is 499 g/mol. The third kappa shape index (κ3) is 9.54. The molecule has 1 aliphatic heterocycles. The Labute approximate surface area is 207 Å². The fourth-order valence-electron chi connectivity index (χ4n) is 3.77. The second-order valence-corrected chi connectivity index (χ2v) is 10.5. The minimum atomic E-state index is -3.36. The lowest BCUT2D eigenvalue weighted by atomic mass is 10.0. The van der Waals surface area contributed by atoms with Gasteiger partial charge in [-0.2, -0.15) is 0 Å². The zero-order valence-corrected chi connectivity index (χ0v) is 20.7. The summed E-state index contributed by atoms with van der Waals surface area (Å²) >= 11 is 0. The first-order valence-electron chi connectivity index (χ1n) is 11.7. The number of hydrogen-bond acceptors (Lipinski definition) is 5. The summed E-state index contributed by atoms with van der Waals surface area (Å²) in [5, 5.41) is 6.92. The molecule has 2 aromatic carbocycles. The van der Waals surface area contributed by atoms with Crippen LogP contribution in [0.25, 0.3) is 0 Å². The number of morpholine rings is 1. The predicted octanol–water partition coefficient (Wildman–Crippen LogP) is 2.32. The molecule has 2 N–H and O–H groups in total. The van der Waals surface area contributed by atoms with E-state index in [1.54, 1.807) is 4.90 Å². The van der Waals surface area contributed by atoms with Gasteiger partial charge in [-0.15, -0.1) is 0 Å². The van der Waals surface area contributed by atoms with Crippen LogP contribution in [0.1, 0.15) is 17.5 Å². The van der Waals surface area contributed by atoms with E-state index in [0.717, 1.165) is 22.8 Å². The van der Waals surface area contributed by atoms with E-state index in [9.17, 15) is 18.0 Å². The molecule has 1 aliphatic rings. The van der Waals surface area contributed by atoms with E-state index >= 15 is 0 Å². The van der Waals surface area contributed by atoms with Crippen molar-refractivity contribution in [3.8, 4) is 0 Å². The van der Waals surface area contributed by atoms with E-state index in [1.807, 2.05) is 60.7 Å². The van der Waals surface area contributed by atoms with Gasteiger partial charge in [0.1, 0.15) is 6.04 Å². The summed E-state index contributed by atoms with van der Waals surface area (Å²) in [7, 11) is -3.36. The molecule has 188 valence electrons. The van der Waals surface area contributed by atoms with Crippen LogP contribution in [0.4, 0.5) is 4.79 Å². The van der Waals surface area contributed by atoms with Gasteiger partial charge in [0.25, 0.3) is 0 Å². The van der Waals surface area contributed by atoms with Crippen molar-refractivity contribution in [2.45, 2.75) is 31.3 Å². The highest BCUT2D eigenvalue weighted by molar-refractivity contribution is 7.93. The van der Waals surface area contributed by atoms with E-state index in [2.05, 4.69) is 10.6 Å². The van der Waals surface area contributed by atoms with Crippen LogP contribution in [0, 0.1) is 0 Å². The number of hydrogen-bond donors (Lipinski definition) is 2. The molecule has 9 heteroatoms. The highest BCUT2D eigenvalue weighted by Gasteiger charge is 2.26. The van der Waals surface area contributed by atoms with E-state index in [4.69, 9.17) is 4.74 Å². The Morgan fingerprint density at radius 3 is 2.17 bits per heavy atom. The number of urea groups is 1. The van der Waals surface area contributed by atoms with Crippen molar-refractivity contribution in [1.29, 1.82) is 0 Å². The van der Waals surface area contributed by atoms with Crippen molar-refractivity contribution in [2.75, 3.05) is 32.6 Å². The second-order valence-electron chi connectivity index (χ2n) is 8.59. The molecular formula is C26H33N3O5S. The molecule has 0 radical (unpaired) electrons. The van der Waals surface area contributed by atoms with Gasteiger partial charge in [0, 0.05) is 37.2 Å². The molecule has 3 rings (SSSR count). The number of amides is 3. The summed E-state index contributed by atoms with van der Waals surface area (Å²) in [5.41, 5.74) is 1.99. The molecule has 8 nitrogen and oxygen atoms in total. The van der Waals surface area contributed by atoms with Crippen LogP contribution >= 0.6 is 0 Å². The minimum Gasteiger partial charge on any atom is -0.378 e. The zero-order chi connectivity index (χ0) is 25.1. The van der Waals surface area contributed by atoms with Gasteiger partial charge < -0.3 is 20.3 Å². The SMILES string of the molecule is CS(=O)(=O)/C=C/[C@H](CCc1ccccc1)NC(=O)[C@H](Cc1ccccc1)NC(=O)N1CCOCC1. The lowest BCUT2D eigenvalue weighted by molar-refractivity contribution is -0.123. The molecule has 0 saturated carbocycles. The topological polar surface area (TPSA) is 105 Å². The van der Waals surface area contributed by atoms with Crippen molar-refractivity contribution in [1.82, 2.24) is 15.5 Å². The number of rotatable bonds is 10. The fourth-order valence-corrected chi connectivity index (χ4v) is 4.25. The summed E-state index contributed by atoms with van der Waals surface area (Å²) in [4.78, 5) is 27.8. The van der Waals surface area contributed by atoms with Crippen molar-refractivity contribution in [2.24, 2.45) is 0 Å². The van der Waals surface area contributed by atoms with Gasteiger partial charge in [-0.3, -0.25) is 4.79 Å². The smallest absolute Gasteiger partial charge is 0.318 e. The molecule has 1 fully saturated rings. The highest BCUT2D eigenvalue weighted by atomic mass is 32.2.